The molecule has 0 saturated heterocycles. The summed E-state index contributed by atoms with van der Waals surface area (Å²) in [5, 5.41) is 0. The highest BCUT2D eigenvalue weighted by molar-refractivity contribution is 4.77. The number of alkyl halides is 3. The molecule has 0 radical (unpaired) electrons. The Morgan fingerprint density at radius 3 is 1.50 bits per heavy atom. The molecule has 0 spiro atoms. The average molecular weight is 186 g/mol. The van der Waals surface area contributed by atoms with Crippen molar-refractivity contribution < 1.29 is 17.9 Å². The summed E-state index contributed by atoms with van der Waals surface area (Å²) in [5.74, 6) is 0. The number of rotatable bonds is 2. The van der Waals surface area contributed by atoms with E-state index in [1.54, 1.807) is 0 Å². The van der Waals surface area contributed by atoms with Crippen LogP contribution in [0.15, 0.2) is 0 Å². The van der Waals surface area contributed by atoms with E-state index in [2.05, 4.69) is 4.74 Å². The topological polar surface area (TPSA) is 9.23 Å². The van der Waals surface area contributed by atoms with Crippen LogP contribution in [0.4, 0.5) is 13.2 Å². The van der Waals surface area contributed by atoms with Crippen molar-refractivity contribution >= 4 is 0 Å². The SMILES string of the molecule is CC.CCOC(C)(C)C(F)(F)F. The standard InChI is InChI=1S/C6H11F3O.C2H6/c1-4-10-5(2,3)6(7,8)9;1-2/h4H2,1-3H3;1-2H3. The van der Waals surface area contributed by atoms with E-state index in [-0.39, 0.29) is 6.61 Å². The molecular formula is C8H17F3O. The molecule has 0 fully saturated rings. The van der Waals surface area contributed by atoms with Gasteiger partial charge in [0, 0.05) is 6.61 Å². The maximum absolute atomic E-state index is 11.9. The summed E-state index contributed by atoms with van der Waals surface area (Å²) in [6.07, 6.45) is -4.27. The van der Waals surface area contributed by atoms with Crippen molar-refractivity contribution in [1.82, 2.24) is 0 Å². The molecular weight excluding hydrogens is 169 g/mol. The fraction of sp³-hybridized carbons (Fsp3) is 1.00. The number of halogens is 3. The van der Waals surface area contributed by atoms with Gasteiger partial charge in [0.2, 0.25) is 0 Å². The van der Waals surface area contributed by atoms with Crippen molar-refractivity contribution in [3.63, 3.8) is 0 Å². The zero-order valence-electron chi connectivity index (χ0n) is 8.25. The quantitative estimate of drug-likeness (QED) is 0.642. The number of ether oxygens (including phenoxy) is 1. The van der Waals surface area contributed by atoms with Crippen LogP contribution in [0.1, 0.15) is 34.6 Å². The molecule has 1 nitrogen and oxygen atoms in total. The largest absolute Gasteiger partial charge is 0.416 e. The highest BCUT2D eigenvalue weighted by Gasteiger charge is 2.48. The molecule has 0 aliphatic heterocycles. The fourth-order valence-corrected chi connectivity index (χ4v) is 0.443. The Labute approximate surface area is 71.9 Å². The first kappa shape index (κ1) is 14.3. The van der Waals surface area contributed by atoms with Gasteiger partial charge in [-0.3, -0.25) is 0 Å². The summed E-state index contributed by atoms with van der Waals surface area (Å²) in [7, 11) is 0. The van der Waals surface area contributed by atoms with Gasteiger partial charge in [-0.15, -0.1) is 0 Å². The van der Waals surface area contributed by atoms with Crippen LogP contribution in [0.3, 0.4) is 0 Å². The van der Waals surface area contributed by atoms with Crippen molar-refractivity contribution in [1.29, 1.82) is 0 Å². The molecule has 0 aliphatic carbocycles. The van der Waals surface area contributed by atoms with Crippen LogP contribution in [0.25, 0.3) is 0 Å². The molecule has 0 N–H and O–H groups in total. The predicted molar refractivity (Wildman–Crippen MR) is 43.1 cm³/mol. The molecule has 0 heterocycles. The maximum Gasteiger partial charge on any atom is 0.416 e. The minimum absolute atomic E-state index is 0.0759. The lowest BCUT2D eigenvalue weighted by atomic mass is 10.1. The summed E-state index contributed by atoms with van der Waals surface area (Å²) in [5.41, 5.74) is -2.01. The van der Waals surface area contributed by atoms with Gasteiger partial charge >= 0.3 is 6.18 Å². The third-order valence-corrected chi connectivity index (χ3v) is 1.19. The number of hydrogen-bond acceptors (Lipinski definition) is 1. The minimum Gasteiger partial charge on any atom is -0.366 e. The monoisotopic (exact) mass is 186 g/mol. The first-order chi connectivity index (χ1) is 5.31. The molecule has 0 unspecified atom stereocenters. The molecule has 0 bridgehead atoms. The van der Waals surface area contributed by atoms with Crippen molar-refractivity contribution in [3.8, 4) is 0 Å². The maximum atomic E-state index is 11.9. The van der Waals surface area contributed by atoms with Gasteiger partial charge in [0.05, 0.1) is 0 Å². The summed E-state index contributed by atoms with van der Waals surface area (Å²) >= 11 is 0. The second-order valence-electron chi connectivity index (χ2n) is 2.44. The Morgan fingerprint density at radius 1 is 1.08 bits per heavy atom. The summed E-state index contributed by atoms with van der Waals surface area (Å²) in [4.78, 5) is 0. The third-order valence-electron chi connectivity index (χ3n) is 1.19. The Bertz CT molecular complexity index is 107. The third kappa shape index (κ3) is 4.59. The molecule has 76 valence electrons. The van der Waals surface area contributed by atoms with Crippen molar-refractivity contribution in [2.75, 3.05) is 6.61 Å². The van der Waals surface area contributed by atoms with E-state index in [0.29, 0.717) is 0 Å². The molecule has 0 rings (SSSR count). The van der Waals surface area contributed by atoms with Gasteiger partial charge in [-0.25, -0.2) is 0 Å². The van der Waals surface area contributed by atoms with Crippen LogP contribution in [0.5, 0.6) is 0 Å². The van der Waals surface area contributed by atoms with Crippen LogP contribution in [-0.4, -0.2) is 18.4 Å². The Hall–Kier alpha value is -0.250. The lowest BCUT2D eigenvalue weighted by molar-refractivity contribution is -0.262. The van der Waals surface area contributed by atoms with Gasteiger partial charge in [0.25, 0.3) is 0 Å². The minimum atomic E-state index is -4.27. The van der Waals surface area contributed by atoms with E-state index in [1.807, 2.05) is 13.8 Å². The van der Waals surface area contributed by atoms with E-state index in [1.165, 1.54) is 6.92 Å². The van der Waals surface area contributed by atoms with Gasteiger partial charge in [-0.05, 0) is 20.8 Å². The normalized spacial score (nSPS) is 12.0. The molecule has 12 heavy (non-hydrogen) atoms. The van der Waals surface area contributed by atoms with Crippen molar-refractivity contribution in [2.45, 2.75) is 46.4 Å². The molecule has 0 amide bonds. The van der Waals surface area contributed by atoms with E-state index in [4.69, 9.17) is 0 Å². The predicted octanol–water partition coefficient (Wildman–Crippen LogP) is 3.39. The molecule has 0 atom stereocenters. The highest BCUT2D eigenvalue weighted by atomic mass is 19.4. The molecule has 0 aromatic heterocycles. The molecule has 0 aromatic rings. The van der Waals surface area contributed by atoms with E-state index in [9.17, 15) is 13.2 Å². The van der Waals surface area contributed by atoms with Gasteiger partial charge in [-0.1, -0.05) is 13.8 Å². The zero-order valence-corrected chi connectivity index (χ0v) is 8.25. The summed E-state index contributed by atoms with van der Waals surface area (Å²) in [6, 6.07) is 0. The Kier molecular flexibility index (Phi) is 6.43. The molecule has 4 heteroatoms. The molecule has 0 aromatic carbocycles. The molecule has 0 aliphatic rings. The van der Waals surface area contributed by atoms with Crippen LogP contribution < -0.4 is 0 Å². The van der Waals surface area contributed by atoms with Crippen molar-refractivity contribution in [3.05, 3.63) is 0 Å². The summed E-state index contributed by atoms with van der Waals surface area (Å²) in [6.45, 7) is 7.63. The first-order valence-electron chi connectivity index (χ1n) is 4.02. The fourth-order valence-electron chi connectivity index (χ4n) is 0.443. The second-order valence-corrected chi connectivity index (χ2v) is 2.44. The lowest BCUT2D eigenvalue weighted by Gasteiger charge is -2.27. The Balaban J connectivity index is 0. The lowest BCUT2D eigenvalue weighted by Crippen LogP contribution is -2.41. The highest BCUT2D eigenvalue weighted by Crippen LogP contribution is 2.32. The molecule has 0 saturated carbocycles. The van der Waals surface area contributed by atoms with Crippen LogP contribution in [0, 0.1) is 0 Å². The van der Waals surface area contributed by atoms with E-state index in [0.717, 1.165) is 13.8 Å². The van der Waals surface area contributed by atoms with E-state index >= 15 is 0 Å². The first-order valence-corrected chi connectivity index (χ1v) is 4.02. The second kappa shape index (κ2) is 5.41. The van der Waals surface area contributed by atoms with Crippen molar-refractivity contribution in [2.24, 2.45) is 0 Å². The van der Waals surface area contributed by atoms with Gasteiger partial charge in [0.15, 0.2) is 5.60 Å². The zero-order chi connectivity index (χ0) is 10.4. The van der Waals surface area contributed by atoms with Crippen LogP contribution >= 0.6 is 0 Å². The van der Waals surface area contributed by atoms with Gasteiger partial charge in [0.1, 0.15) is 0 Å². The number of hydrogen-bond donors (Lipinski definition) is 0. The van der Waals surface area contributed by atoms with Crippen LogP contribution in [-0.2, 0) is 4.74 Å². The smallest absolute Gasteiger partial charge is 0.366 e. The van der Waals surface area contributed by atoms with Gasteiger partial charge in [-0.2, -0.15) is 13.2 Å². The average Bonchev–Trinajstić information content (AvgIpc) is 1.89. The summed E-state index contributed by atoms with van der Waals surface area (Å²) < 4.78 is 40.2. The van der Waals surface area contributed by atoms with Crippen LogP contribution in [0.2, 0.25) is 0 Å². The van der Waals surface area contributed by atoms with Gasteiger partial charge < -0.3 is 4.74 Å². The Morgan fingerprint density at radius 2 is 1.42 bits per heavy atom. The van der Waals surface area contributed by atoms with E-state index < -0.39 is 11.8 Å².